The number of benzene rings is 1. The Hall–Kier alpha value is -2.21. The molecule has 0 amide bonds. The van der Waals surface area contributed by atoms with E-state index < -0.39 is 5.82 Å². The van der Waals surface area contributed by atoms with Gasteiger partial charge < -0.3 is 11.1 Å². The highest BCUT2D eigenvalue weighted by Crippen LogP contribution is 2.30. The summed E-state index contributed by atoms with van der Waals surface area (Å²) in [5.74, 6) is -0.395. The lowest BCUT2D eigenvalue weighted by Gasteiger charge is -2.11. The average Bonchev–Trinajstić information content (AvgIpc) is 2.92. The Morgan fingerprint density at radius 2 is 2.32 bits per heavy atom. The minimum absolute atomic E-state index is 0.373. The molecule has 19 heavy (non-hydrogen) atoms. The van der Waals surface area contributed by atoms with E-state index in [1.807, 2.05) is 6.07 Å². The first-order valence-electron chi connectivity index (χ1n) is 5.69. The molecule has 0 unspecified atom stereocenters. The molecule has 96 valence electrons. The van der Waals surface area contributed by atoms with Crippen LogP contribution in [0.2, 0.25) is 0 Å². The highest BCUT2D eigenvalue weighted by molar-refractivity contribution is 7.09. The third kappa shape index (κ3) is 2.22. The molecule has 1 aromatic carbocycles. The Morgan fingerprint density at radius 1 is 1.42 bits per heavy atom. The Balaban J connectivity index is 2.02. The number of rotatable bonds is 3. The van der Waals surface area contributed by atoms with Gasteiger partial charge in [-0.3, -0.25) is 9.97 Å². The second-order valence-corrected chi connectivity index (χ2v) is 5.01. The Labute approximate surface area is 113 Å². The lowest BCUT2D eigenvalue weighted by molar-refractivity contribution is 0.632. The third-order valence-electron chi connectivity index (χ3n) is 2.80. The number of hydrogen-bond acceptors (Lipinski definition) is 5. The number of halogens is 1. The summed E-state index contributed by atoms with van der Waals surface area (Å²) in [6, 6.07) is 4.93. The van der Waals surface area contributed by atoms with Crippen LogP contribution in [0.3, 0.4) is 0 Å². The fraction of sp³-hybridized carbons (Fsp3) is 0.0769. The molecule has 0 aliphatic rings. The Bertz CT molecular complexity index is 712. The molecule has 4 nitrogen and oxygen atoms in total. The van der Waals surface area contributed by atoms with Gasteiger partial charge in [0.25, 0.3) is 0 Å². The third-order valence-corrected chi connectivity index (χ3v) is 3.58. The maximum Gasteiger partial charge on any atom is 0.150 e. The molecule has 0 aliphatic heterocycles. The predicted molar refractivity (Wildman–Crippen MR) is 75.6 cm³/mol. The summed E-state index contributed by atoms with van der Waals surface area (Å²) in [4.78, 5) is 9.22. The number of nitrogens with zero attached hydrogens (tertiary/aromatic N) is 2. The van der Waals surface area contributed by atoms with Crippen molar-refractivity contribution in [2.45, 2.75) is 6.54 Å². The van der Waals surface area contributed by atoms with Crippen LogP contribution in [0.5, 0.6) is 0 Å². The number of nitrogens with two attached hydrogens (primary N) is 1. The zero-order valence-electron chi connectivity index (χ0n) is 9.93. The van der Waals surface area contributed by atoms with Gasteiger partial charge in [0.1, 0.15) is 0 Å². The molecule has 0 bridgehead atoms. The molecule has 0 spiro atoms. The standard InChI is InChI=1S/C13H11FN4S/c14-10-4-11(15)9-2-1-3-17-12(9)13(10)18-6-8-5-16-7-19-8/h1-5,7,18H,6,15H2. The van der Waals surface area contributed by atoms with Gasteiger partial charge in [0.05, 0.1) is 23.3 Å². The predicted octanol–water partition coefficient (Wildman–Crippen LogP) is 3.02. The fourth-order valence-corrected chi connectivity index (χ4v) is 2.44. The molecular formula is C13H11FN4S. The lowest BCUT2D eigenvalue weighted by atomic mass is 10.1. The van der Waals surface area contributed by atoms with E-state index in [0.717, 1.165) is 10.3 Å². The van der Waals surface area contributed by atoms with Crippen LogP contribution < -0.4 is 11.1 Å². The summed E-state index contributed by atoms with van der Waals surface area (Å²) in [7, 11) is 0. The molecule has 0 atom stereocenters. The van der Waals surface area contributed by atoms with Gasteiger partial charge in [0, 0.05) is 28.3 Å². The van der Waals surface area contributed by atoms with Gasteiger partial charge in [0.15, 0.2) is 5.82 Å². The SMILES string of the molecule is Nc1cc(F)c(NCc2cncs2)c2ncccc12. The number of nitrogens with one attached hydrogen (secondary N) is 1. The first kappa shape index (κ1) is 11.9. The maximum atomic E-state index is 14.0. The minimum atomic E-state index is -0.395. The highest BCUT2D eigenvalue weighted by Gasteiger charge is 2.11. The van der Waals surface area contributed by atoms with E-state index in [2.05, 4.69) is 15.3 Å². The Kier molecular flexibility index (Phi) is 3.00. The van der Waals surface area contributed by atoms with E-state index >= 15 is 0 Å². The zero-order chi connectivity index (χ0) is 13.2. The molecule has 0 saturated heterocycles. The number of pyridine rings is 1. The average molecular weight is 274 g/mol. The molecule has 0 saturated carbocycles. The number of aromatic nitrogens is 2. The van der Waals surface area contributed by atoms with Crippen LogP contribution >= 0.6 is 11.3 Å². The molecule has 3 aromatic rings. The topological polar surface area (TPSA) is 63.8 Å². The number of thiazole rings is 1. The first-order valence-corrected chi connectivity index (χ1v) is 6.57. The fourth-order valence-electron chi connectivity index (χ4n) is 1.91. The number of nitrogen functional groups attached to an aromatic ring is 1. The molecule has 0 radical (unpaired) electrons. The molecule has 2 heterocycles. The first-order chi connectivity index (χ1) is 9.25. The maximum absolute atomic E-state index is 14.0. The monoisotopic (exact) mass is 274 g/mol. The summed E-state index contributed by atoms with van der Waals surface area (Å²) in [5.41, 5.74) is 8.86. The van der Waals surface area contributed by atoms with Crippen LogP contribution in [0, 0.1) is 5.82 Å². The normalized spacial score (nSPS) is 10.8. The number of anilines is 2. The smallest absolute Gasteiger partial charge is 0.150 e. The van der Waals surface area contributed by atoms with E-state index in [1.165, 1.54) is 17.4 Å². The van der Waals surface area contributed by atoms with Crippen molar-refractivity contribution in [2.24, 2.45) is 0 Å². The van der Waals surface area contributed by atoms with Gasteiger partial charge in [-0.1, -0.05) is 0 Å². The van der Waals surface area contributed by atoms with Gasteiger partial charge in [-0.2, -0.15) is 0 Å². The van der Waals surface area contributed by atoms with Crippen LogP contribution in [0.25, 0.3) is 10.9 Å². The lowest BCUT2D eigenvalue weighted by Crippen LogP contribution is -2.03. The van der Waals surface area contributed by atoms with Crippen LogP contribution in [-0.4, -0.2) is 9.97 Å². The van der Waals surface area contributed by atoms with Crippen LogP contribution in [0.15, 0.2) is 36.1 Å². The Morgan fingerprint density at radius 3 is 3.11 bits per heavy atom. The minimum Gasteiger partial charge on any atom is -0.398 e. The van der Waals surface area contributed by atoms with Crippen molar-refractivity contribution in [2.75, 3.05) is 11.1 Å². The molecule has 3 rings (SSSR count). The van der Waals surface area contributed by atoms with Gasteiger partial charge in [-0.25, -0.2) is 4.39 Å². The van der Waals surface area contributed by atoms with Gasteiger partial charge >= 0.3 is 0 Å². The van der Waals surface area contributed by atoms with Crippen molar-refractivity contribution in [1.82, 2.24) is 9.97 Å². The summed E-state index contributed by atoms with van der Waals surface area (Å²) in [6.07, 6.45) is 3.38. The van der Waals surface area contributed by atoms with Crippen molar-refractivity contribution in [1.29, 1.82) is 0 Å². The zero-order valence-corrected chi connectivity index (χ0v) is 10.7. The molecular weight excluding hydrogens is 263 g/mol. The van der Waals surface area contributed by atoms with Crippen molar-refractivity contribution in [3.63, 3.8) is 0 Å². The number of hydrogen-bond donors (Lipinski definition) is 2. The molecule has 6 heteroatoms. The second-order valence-electron chi connectivity index (χ2n) is 4.04. The van der Waals surface area contributed by atoms with Crippen molar-refractivity contribution in [3.05, 3.63) is 46.8 Å². The molecule has 2 aromatic heterocycles. The van der Waals surface area contributed by atoms with Crippen LogP contribution in [-0.2, 0) is 6.54 Å². The molecule has 0 fully saturated rings. The van der Waals surface area contributed by atoms with Gasteiger partial charge in [0.2, 0.25) is 0 Å². The van der Waals surface area contributed by atoms with Crippen LogP contribution in [0.4, 0.5) is 15.8 Å². The highest BCUT2D eigenvalue weighted by atomic mass is 32.1. The van der Waals surface area contributed by atoms with E-state index in [-0.39, 0.29) is 0 Å². The number of fused-ring (bicyclic) bond motifs is 1. The summed E-state index contributed by atoms with van der Waals surface area (Å²) in [6.45, 7) is 0.511. The van der Waals surface area contributed by atoms with Gasteiger partial charge in [-0.05, 0) is 18.2 Å². The van der Waals surface area contributed by atoms with E-state index in [1.54, 1.807) is 24.0 Å². The van der Waals surface area contributed by atoms with E-state index in [9.17, 15) is 4.39 Å². The van der Waals surface area contributed by atoms with Crippen molar-refractivity contribution >= 4 is 33.6 Å². The van der Waals surface area contributed by atoms with E-state index in [4.69, 9.17) is 5.73 Å². The van der Waals surface area contributed by atoms with Crippen LogP contribution in [0.1, 0.15) is 4.88 Å². The second kappa shape index (κ2) is 4.81. The van der Waals surface area contributed by atoms with Crippen molar-refractivity contribution < 1.29 is 4.39 Å². The summed E-state index contributed by atoms with van der Waals surface area (Å²) >= 11 is 1.52. The van der Waals surface area contributed by atoms with Crippen molar-refractivity contribution in [3.8, 4) is 0 Å². The van der Waals surface area contributed by atoms with Gasteiger partial charge in [-0.15, -0.1) is 11.3 Å². The quantitative estimate of drug-likeness (QED) is 0.721. The largest absolute Gasteiger partial charge is 0.398 e. The molecule has 0 aliphatic carbocycles. The summed E-state index contributed by atoms with van der Waals surface area (Å²) in [5, 5.41) is 3.81. The summed E-state index contributed by atoms with van der Waals surface area (Å²) < 4.78 is 14.0. The molecule has 3 N–H and O–H groups in total. The van der Waals surface area contributed by atoms with E-state index in [0.29, 0.717) is 23.4 Å².